The topological polar surface area (TPSA) is 76.1 Å². The minimum absolute atomic E-state index is 0.0584. The Hall–Kier alpha value is -3.80. The number of carbonyl (C=O) groups is 2. The van der Waals surface area contributed by atoms with Gasteiger partial charge in [0.05, 0.1) is 12.8 Å². The van der Waals surface area contributed by atoms with E-state index in [0.29, 0.717) is 16.8 Å². The minimum atomic E-state index is -0.940. The van der Waals surface area contributed by atoms with E-state index < -0.39 is 18.1 Å². The first-order chi connectivity index (χ1) is 14.5. The third-order valence-corrected chi connectivity index (χ3v) is 4.69. The van der Waals surface area contributed by atoms with Crippen molar-refractivity contribution in [2.45, 2.75) is 19.6 Å². The molecule has 6 nitrogen and oxygen atoms in total. The number of para-hydroxylation sites is 2. The summed E-state index contributed by atoms with van der Waals surface area (Å²) in [7, 11) is 1.27. The SMILES string of the molecule is COC(=O)[C@H](C)N(C(=O)OCc1ccccc1)c1ccccc1-c1ccccc1O. The number of methoxy groups -OCH3 is 1. The molecule has 3 aromatic carbocycles. The lowest BCUT2D eigenvalue weighted by Crippen LogP contribution is -2.44. The summed E-state index contributed by atoms with van der Waals surface area (Å²) >= 11 is 0. The van der Waals surface area contributed by atoms with Gasteiger partial charge < -0.3 is 14.6 Å². The molecule has 0 aliphatic rings. The summed E-state index contributed by atoms with van der Waals surface area (Å²) in [5.74, 6) is -0.521. The van der Waals surface area contributed by atoms with Crippen LogP contribution in [0.3, 0.4) is 0 Å². The molecule has 0 heterocycles. The quantitative estimate of drug-likeness (QED) is 0.598. The summed E-state index contributed by atoms with van der Waals surface area (Å²) in [6, 6.07) is 22.1. The van der Waals surface area contributed by atoms with Gasteiger partial charge >= 0.3 is 12.1 Å². The maximum Gasteiger partial charge on any atom is 0.415 e. The van der Waals surface area contributed by atoms with E-state index in [2.05, 4.69) is 0 Å². The second-order valence-electron chi connectivity index (χ2n) is 6.64. The molecular weight excluding hydrogens is 382 g/mol. The zero-order chi connectivity index (χ0) is 21.5. The van der Waals surface area contributed by atoms with Crippen molar-refractivity contribution < 1.29 is 24.2 Å². The zero-order valence-corrected chi connectivity index (χ0v) is 16.8. The van der Waals surface area contributed by atoms with Crippen molar-refractivity contribution >= 4 is 17.7 Å². The molecule has 154 valence electrons. The average Bonchev–Trinajstić information content (AvgIpc) is 2.78. The molecule has 0 saturated carbocycles. The molecule has 0 saturated heterocycles. The molecule has 0 aliphatic heterocycles. The molecule has 1 atom stereocenters. The van der Waals surface area contributed by atoms with Gasteiger partial charge in [-0.15, -0.1) is 0 Å². The Labute approximate surface area is 175 Å². The summed E-state index contributed by atoms with van der Waals surface area (Å²) < 4.78 is 10.4. The fourth-order valence-electron chi connectivity index (χ4n) is 3.14. The number of nitrogens with zero attached hydrogens (tertiary/aromatic N) is 1. The second-order valence-corrected chi connectivity index (χ2v) is 6.64. The number of benzene rings is 3. The summed E-state index contributed by atoms with van der Waals surface area (Å²) in [5.41, 5.74) is 2.37. The second kappa shape index (κ2) is 9.60. The molecule has 1 N–H and O–H groups in total. The van der Waals surface area contributed by atoms with Gasteiger partial charge in [0.15, 0.2) is 0 Å². The Morgan fingerprint density at radius 3 is 2.17 bits per heavy atom. The highest BCUT2D eigenvalue weighted by molar-refractivity contribution is 5.99. The average molecular weight is 405 g/mol. The third-order valence-electron chi connectivity index (χ3n) is 4.69. The molecule has 0 spiro atoms. The molecule has 0 fully saturated rings. The summed E-state index contributed by atoms with van der Waals surface area (Å²) in [4.78, 5) is 26.6. The molecule has 0 bridgehead atoms. The van der Waals surface area contributed by atoms with E-state index in [1.807, 2.05) is 30.3 Å². The molecule has 3 rings (SSSR count). The molecule has 6 heteroatoms. The highest BCUT2D eigenvalue weighted by Crippen LogP contribution is 2.37. The highest BCUT2D eigenvalue weighted by atomic mass is 16.6. The fraction of sp³-hybridized carbons (Fsp3) is 0.167. The smallest absolute Gasteiger partial charge is 0.415 e. The van der Waals surface area contributed by atoms with Crippen molar-refractivity contribution in [1.82, 2.24) is 0 Å². The molecular formula is C24H23NO5. The highest BCUT2D eigenvalue weighted by Gasteiger charge is 2.31. The van der Waals surface area contributed by atoms with E-state index in [-0.39, 0.29) is 12.4 Å². The van der Waals surface area contributed by atoms with Gasteiger partial charge in [-0.05, 0) is 24.6 Å². The molecule has 3 aromatic rings. The van der Waals surface area contributed by atoms with E-state index in [0.717, 1.165) is 5.56 Å². The number of esters is 1. The Kier molecular flexibility index (Phi) is 6.70. The number of rotatable bonds is 6. The minimum Gasteiger partial charge on any atom is -0.507 e. The predicted molar refractivity (Wildman–Crippen MR) is 114 cm³/mol. The maximum atomic E-state index is 13.1. The van der Waals surface area contributed by atoms with Crippen LogP contribution >= 0.6 is 0 Å². The number of hydrogen-bond donors (Lipinski definition) is 1. The Bertz CT molecular complexity index is 1020. The number of phenols is 1. The van der Waals surface area contributed by atoms with Gasteiger partial charge in [-0.1, -0.05) is 66.7 Å². The van der Waals surface area contributed by atoms with Gasteiger partial charge in [0.2, 0.25) is 0 Å². The largest absolute Gasteiger partial charge is 0.507 e. The Morgan fingerprint density at radius 1 is 0.900 bits per heavy atom. The molecule has 0 aliphatic carbocycles. The van der Waals surface area contributed by atoms with Crippen molar-refractivity contribution in [3.05, 3.63) is 84.4 Å². The van der Waals surface area contributed by atoms with Crippen LogP contribution in [0, 0.1) is 0 Å². The first kappa shape index (κ1) is 20.9. The lowest BCUT2D eigenvalue weighted by atomic mass is 10.0. The standard InChI is InChI=1S/C24H23NO5/c1-17(23(27)29-2)25(24(28)30-16-18-10-4-3-5-11-18)21-14-8-6-12-19(21)20-13-7-9-15-22(20)26/h3-15,17,26H,16H2,1-2H3/t17-/m0/s1. The lowest BCUT2D eigenvalue weighted by molar-refractivity contribution is -0.141. The number of amides is 1. The van der Waals surface area contributed by atoms with Gasteiger partial charge in [-0.3, -0.25) is 4.90 Å². The summed E-state index contributed by atoms with van der Waals surface area (Å²) in [6.45, 7) is 1.63. The van der Waals surface area contributed by atoms with Crippen LogP contribution in [0.5, 0.6) is 5.75 Å². The van der Waals surface area contributed by atoms with Crippen molar-refractivity contribution in [2.24, 2.45) is 0 Å². The van der Waals surface area contributed by atoms with E-state index in [4.69, 9.17) is 9.47 Å². The Balaban J connectivity index is 2.00. The van der Waals surface area contributed by atoms with Gasteiger partial charge in [-0.2, -0.15) is 0 Å². The summed E-state index contributed by atoms with van der Waals surface area (Å²) in [5, 5.41) is 10.3. The van der Waals surface area contributed by atoms with Crippen LogP contribution in [0.25, 0.3) is 11.1 Å². The van der Waals surface area contributed by atoms with Crippen LogP contribution in [0.2, 0.25) is 0 Å². The predicted octanol–water partition coefficient (Wildman–Crippen LogP) is 4.76. The zero-order valence-electron chi connectivity index (χ0n) is 16.8. The van der Waals surface area contributed by atoms with Crippen LogP contribution in [0.1, 0.15) is 12.5 Å². The maximum absolute atomic E-state index is 13.1. The van der Waals surface area contributed by atoms with Crippen molar-refractivity contribution in [1.29, 1.82) is 0 Å². The van der Waals surface area contributed by atoms with E-state index in [9.17, 15) is 14.7 Å². The van der Waals surface area contributed by atoms with Crippen LogP contribution in [0.4, 0.5) is 10.5 Å². The molecule has 30 heavy (non-hydrogen) atoms. The Morgan fingerprint density at radius 2 is 1.50 bits per heavy atom. The van der Waals surface area contributed by atoms with E-state index in [1.54, 1.807) is 55.5 Å². The monoisotopic (exact) mass is 405 g/mol. The molecule has 0 unspecified atom stereocenters. The number of anilines is 1. The van der Waals surface area contributed by atoms with Gasteiger partial charge in [-0.25, -0.2) is 9.59 Å². The van der Waals surface area contributed by atoms with Crippen molar-refractivity contribution in [2.75, 3.05) is 12.0 Å². The molecule has 0 radical (unpaired) electrons. The number of hydrogen-bond acceptors (Lipinski definition) is 5. The first-order valence-corrected chi connectivity index (χ1v) is 9.48. The normalized spacial score (nSPS) is 11.4. The number of aromatic hydroxyl groups is 1. The van der Waals surface area contributed by atoms with Crippen molar-refractivity contribution in [3.63, 3.8) is 0 Å². The van der Waals surface area contributed by atoms with Gasteiger partial charge in [0.1, 0.15) is 18.4 Å². The molecule has 0 aromatic heterocycles. The van der Waals surface area contributed by atoms with E-state index >= 15 is 0 Å². The first-order valence-electron chi connectivity index (χ1n) is 9.48. The third kappa shape index (κ3) is 4.60. The van der Waals surface area contributed by atoms with E-state index in [1.165, 1.54) is 12.0 Å². The van der Waals surface area contributed by atoms with Crippen LogP contribution < -0.4 is 4.90 Å². The number of carbonyl (C=O) groups excluding carboxylic acids is 2. The number of phenolic OH excluding ortho intramolecular Hbond substituents is 1. The molecule has 1 amide bonds. The van der Waals surface area contributed by atoms with Crippen LogP contribution in [-0.2, 0) is 20.9 Å². The van der Waals surface area contributed by atoms with Crippen LogP contribution in [0.15, 0.2) is 78.9 Å². The van der Waals surface area contributed by atoms with Crippen molar-refractivity contribution in [3.8, 4) is 16.9 Å². The van der Waals surface area contributed by atoms with Crippen LogP contribution in [-0.4, -0.2) is 30.3 Å². The lowest BCUT2D eigenvalue weighted by Gasteiger charge is -2.29. The van der Waals surface area contributed by atoms with Gasteiger partial charge in [0, 0.05) is 11.1 Å². The fourth-order valence-corrected chi connectivity index (χ4v) is 3.14. The summed E-state index contributed by atoms with van der Waals surface area (Å²) in [6.07, 6.45) is -0.695. The number of ether oxygens (including phenoxy) is 2. The van der Waals surface area contributed by atoms with Gasteiger partial charge in [0.25, 0.3) is 0 Å².